The molecule has 4 rings (SSSR count). The minimum atomic E-state index is -1.07. The predicted octanol–water partition coefficient (Wildman–Crippen LogP) is 4.87. The van der Waals surface area contributed by atoms with Gasteiger partial charge in [-0.05, 0) is 55.7 Å². The first kappa shape index (κ1) is 31.1. The van der Waals surface area contributed by atoms with Crippen molar-refractivity contribution >= 4 is 17.7 Å². The van der Waals surface area contributed by atoms with Gasteiger partial charge in [-0.15, -0.1) is 0 Å². The molecule has 3 aliphatic rings. The second-order valence-corrected chi connectivity index (χ2v) is 12.9. The first-order valence-electron chi connectivity index (χ1n) is 14.6. The molecule has 1 amide bonds. The Kier molecular flexibility index (Phi) is 10.6. The van der Waals surface area contributed by atoms with Gasteiger partial charge in [-0.2, -0.15) is 0 Å². The van der Waals surface area contributed by atoms with Crippen molar-refractivity contribution < 1.29 is 18.1 Å². The zero-order chi connectivity index (χ0) is 28.8. The number of rotatable bonds is 4. The van der Waals surface area contributed by atoms with Crippen molar-refractivity contribution in [2.45, 2.75) is 85.2 Å². The van der Waals surface area contributed by atoms with Crippen LogP contribution in [0.15, 0.2) is 28.2 Å². The van der Waals surface area contributed by atoms with Gasteiger partial charge in [-0.3, -0.25) is 20.1 Å². The van der Waals surface area contributed by atoms with Crippen LogP contribution in [-0.2, 0) is 0 Å². The van der Waals surface area contributed by atoms with Crippen LogP contribution in [0.4, 0.5) is 8.78 Å². The van der Waals surface area contributed by atoms with Crippen molar-refractivity contribution in [3.8, 4) is 0 Å². The van der Waals surface area contributed by atoms with E-state index in [2.05, 4.69) is 52.3 Å². The number of nitrogens with zero attached hydrogens (tertiary/aromatic N) is 3. The highest BCUT2D eigenvalue weighted by Gasteiger charge is 2.47. The van der Waals surface area contributed by atoms with E-state index in [1.54, 1.807) is 0 Å². The van der Waals surface area contributed by atoms with Gasteiger partial charge in [0.1, 0.15) is 0 Å². The van der Waals surface area contributed by atoms with Crippen molar-refractivity contribution in [2.24, 2.45) is 33.0 Å². The van der Waals surface area contributed by atoms with Gasteiger partial charge in [0.05, 0.1) is 26.2 Å². The van der Waals surface area contributed by atoms with Crippen molar-refractivity contribution in [3.63, 3.8) is 0 Å². The van der Waals surface area contributed by atoms with E-state index >= 15 is 0 Å². The fourth-order valence-electron chi connectivity index (χ4n) is 5.97. The Balaban J connectivity index is 1.98. The standard InChI is InChI=1S/C30H48F2N6O/c1-7-20-10-9-11-21-16-25(33)26(38(6,8-2)18-21)27(34-15-14-20)36-29(35-19-30(3,4)5)37-28(39)22-12-13-23(31)24(32)17-22/h12-13,17,20-21,25-26H,7-11,14-16,18-19,33H2,1-6H3,(H-,34,35,36,37,39)/p+1. The quantitative estimate of drug-likeness (QED) is 0.285. The molecule has 0 radical (unpaired) electrons. The summed E-state index contributed by atoms with van der Waals surface area (Å²) in [6.45, 7) is 13.7. The van der Waals surface area contributed by atoms with E-state index in [0.29, 0.717) is 24.9 Å². The molecule has 39 heavy (non-hydrogen) atoms. The summed E-state index contributed by atoms with van der Waals surface area (Å²) >= 11 is 0. The summed E-state index contributed by atoms with van der Waals surface area (Å²) in [5.41, 5.74) is 6.77. The molecule has 1 saturated heterocycles. The molecule has 7 nitrogen and oxygen atoms in total. The average Bonchev–Trinajstić information content (AvgIpc) is 2.86. The number of likely N-dealkylation sites (N-methyl/N-ethyl adjacent to an activating group) is 1. The molecule has 0 spiro atoms. The summed E-state index contributed by atoms with van der Waals surface area (Å²) in [7, 11) is 2.25. The number of carbonyl (C=O) groups excluding carboxylic acids is 1. The highest BCUT2D eigenvalue weighted by atomic mass is 19.2. The van der Waals surface area contributed by atoms with Gasteiger partial charge in [0.2, 0.25) is 5.96 Å². The van der Waals surface area contributed by atoms with Crippen LogP contribution in [0, 0.1) is 28.9 Å². The smallest absolute Gasteiger partial charge is 0.258 e. The Hall–Kier alpha value is -2.39. The second kappa shape index (κ2) is 13.3. The maximum atomic E-state index is 13.9. The highest BCUT2D eigenvalue weighted by Crippen LogP contribution is 2.32. The number of amides is 1. The van der Waals surface area contributed by atoms with Gasteiger partial charge in [-0.1, -0.05) is 47.0 Å². The molecule has 1 aromatic carbocycles. The second-order valence-electron chi connectivity index (χ2n) is 12.9. The van der Waals surface area contributed by atoms with E-state index in [1.807, 2.05) is 0 Å². The van der Waals surface area contributed by atoms with Crippen LogP contribution in [0.3, 0.4) is 0 Å². The number of quaternary nitrogens is 1. The number of amidine groups is 1. The zero-order valence-electron chi connectivity index (χ0n) is 24.7. The van der Waals surface area contributed by atoms with Crippen LogP contribution < -0.4 is 16.4 Å². The molecule has 4 N–H and O–H groups in total. The predicted molar refractivity (Wildman–Crippen MR) is 155 cm³/mol. The van der Waals surface area contributed by atoms with Crippen molar-refractivity contribution in [1.29, 1.82) is 0 Å². The topological polar surface area (TPSA) is 91.9 Å². The van der Waals surface area contributed by atoms with Crippen molar-refractivity contribution in [2.75, 3.05) is 33.2 Å². The third-order valence-corrected chi connectivity index (χ3v) is 8.35. The SMILES string of the molecule is CCC1CCCC2CC(N)C(C(NC(=NCC(C)(C)C)NC(=O)c3ccc(F)c(F)c3)=NCC1)[N+](C)(CC)C2. The third kappa shape index (κ3) is 8.55. The van der Waals surface area contributed by atoms with E-state index in [-0.39, 0.29) is 29.0 Å². The molecule has 3 heterocycles. The maximum absolute atomic E-state index is 13.9. The summed E-state index contributed by atoms with van der Waals surface area (Å²) < 4.78 is 28.1. The molecule has 0 saturated carbocycles. The van der Waals surface area contributed by atoms with Crippen molar-refractivity contribution in [1.82, 2.24) is 10.6 Å². The molecular weight excluding hydrogens is 498 g/mol. The number of hydrogen-bond donors (Lipinski definition) is 3. The molecule has 0 aliphatic carbocycles. The van der Waals surface area contributed by atoms with Gasteiger partial charge in [0.15, 0.2) is 23.5 Å². The minimum absolute atomic E-state index is 0.0111. The van der Waals surface area contributed by atoms with Gasteiger partial charge in [-0.25, -0.2) is 8.78 Å². The van der Waals surface area contributed by atoms with Gasteiger partial charge in [0.25, 0.3) is 5.91 Å². The molecule has 1 fully saturated rings. The largest absolute Gasteiger partial charge is 0.322 e. The number of fused-ring (bicyclic) bond motifs is 8. The Bertz CT molecular complexity index is 1050. The fourth-order valence-corrected chi connectivity index (χ4v) is 5.97. The maximum Gasteiger partial charge on any atom is 0.258 e. The Labute approximate surface area is 233 Å². The van der Waals surface area contributed by atoms with Crippen LogP contribution in [0.5, 0.6) is 0 Å². The summed E-state index contributed by atoms with van der Waals surface area (Å²) in [6, 6.07) is 2.94. The number of halogens is 2. The number of piperidine rings is 1. The molecule has 0 aromatic heterocycles. The molecule has 9 heteroatoms. The van der Waals surface area contributed by atoms with Crippen molar-refractivity contribution in [3.05, 3.63) is 35.4 Å². The monoisotopic (exact) mass is 547 g/mol. The van der Waals surface area contributed by atoms with Crippen LogP contribution in [0.2, 0.25) is 0 Å². The minimum Gasteiger partial charge on any atom is -0.322 e. The normalized spacial score (nSPS) is 28.7. The lowest BCUT2D eigenvalue weighted by atomic mass is 9.82. The lowest BCUT2D eigenvalue weighted by molar-refractivity contribution is -0.931. The Morgan fingerprint density at radius 2 is 1.92 bits per heavy atom. The number of benzene rings is 1. The van der Waals surface area contributed by atoms with E-state index in [0.717, 1.165) is 54.8 Å². The summed E-state index contributed by atoms with van der Waals surface area (Å²) in [4.78, 5) is 22.9. The number of aliphatic imine (C=N–C) groups is 2. The van der Waals surface area contributed by atoms with E-state index in [4.69, 9.17) is 15.7 Å². The number of carbonyl (C=O) groups is 1. The van der Waals surface area contributed by atoms with Gasteiger partial charge < -0.3 is 15.5 Å². The lowest BCUT2D eigenvalue weighted by Gasteiger charge is -2.50. The van der Waals surface area contributed by atoms with E-state index < -0.39 is 17.5 Å². The molecule has 1 aromatic rings. The Morgan fingerprint density at radius 1 is 1.18 bits per heavy atom. The van der Waals surface area contributed by atoms with E-state index in [9.17, 15) is 13.6 Å². The summed E-state index contributed by atoms with van der Waals surface area (Å²) in [6.07, 6.45) is 6.72. The Morgan fingerprint density at radius 3 is 2.56 bits per heavy atom. The number of hydrogen-bond acceptors (Lipinski definition) is 4. The van der Waals surface area contributed by atoms with Crippen LogP contribution >= 0.6 is 0 Å². The molecule has 3 aliphatic heterocycles. The number of nitrogens with two attached hydrogens (primary N) is 1. The van der Waals surface area contributed by atoms with Crippen LogP contribution in [0.25, 0.3) is 0 Å². The average molecular weight is 548 g/mol. The zero-order valence-corrected chi connectivity index (χ0v) is 24.7. The van der Waals surface area contributed by atoms with Crippen LogP contribution in [0.1, 0.15) is 83.5 Å². The summed E-state index contributed by atoms with van der Waals surface area (Å²) in [5.74, 6) is -0.461. The molecule has 5 unspecified atom stereocenters. The number of nitrogens with one attached hydrogen (secondary N) is 2. The number of guanidine groups is 1. The molecular formula is C30H49F2N6O+. The lowest BCUT2D eigenvalue weighted by Crippen LogP contribution is -2.70. The first-order chi connectivity index (χ1) is 18.3. The highest BCUT2D eigenvalue weighted by molar-refractivity contribution is 6.11. The summed E-state index contributed by atoms with van der Waals surface area (Å²) in [5, 5.41) is 6.20. The van der Waals surface area contributed by atoms with Crippen LogP contribution in [-0.4, -0.2) is 67.5 Å². The van der Waals surface area contributed by atoms with Gasteiger partial charge in [0, 0.05) is 24.6 Å². The van der Waals surface area contributed by atoms with Gasteiger partial charge >= 0.3 is 0 Å². The molecule has 5 atom stereocenters. The van der Waals surface area contributed by atoms with E-state index in [1.165, 1.54) is 25.3 Å². The third-order valence-electron chi connectivity index (χ3n) is 8.35. The fraction of sp³-hybridized carbons (Fsp3) is 0.700. The molecule has 2 bridgehead atoms. The molecule has 218 valence electrons. The first-order valence-corrected chi connectivity index (χ1v) is 14.6.